The Kier molecular flexibility index (Phi) is 8.59. The predicted octanol–water partition coefficient (Wildman–Crippen LogP) is 3.86. The maximum Gasteiger partial charge on any atom is 0.244 e. The second-order valence-corrected chi connectivity index (χ2v) is 18.5. The van der Waals surface area contributed by atoms with Crippen LogP contribution in [0.25, 0.3) is 0 Å². The summed E-state index contributed by atoms with van der Waals surface area (Å²) in [6, 6.07) is 6.71. The van der Waals surface area contributed by atoms with Gasteiger partial charge in [-0.2, -0.15) is 5.10 Å². The van der Waals surface area contributed by atoms with Crippen molar-refractivity contribution in [2.75, 3.05) is 33.0 Å². The van der Waals surface area contributed by atoms with Crippen LogP contribution < -0.4 is 9.46 Å². The Morgan fingerprint density at radius 3 is 2.81 bits per heavy atom. The first kappa shape index (κ1) is 28.0. The van der Waals surface area contributed by atoms with Gasteiger partial charge in [-0.05, 0) is 51.8 Å². The fraction of sp³-hybridized carbons (Fsp3) is 0.615. The lowest BCUT2D eigenvalue weighted by Crippen LogP contribution is -2.37. The van der Waals surface area contributed by atoms with Gasteiger partial charge in [0.2, 0.25) is 10.0 Å². The van der Waals surface area contributed by atoms with E-state index in [9.17, 15) is 8.42 Å². The minimum absolute atomic E-state index is 0.00748. The van der Waals surface area contributed by atoms with Crippen molar-refractivity contribution < 1.29 is 17.9 Å². The van der Waals surface area contributed by atoms with Crippen molar-refractivity contribution in [3.8, 4) is 5.75 Å². The molecule has 1 aromatic carbocycles. The minimum atomic E-state index is -3.60. The van der Waals surface area contributed by atoms with Crippen LogP contribution in [0.4, 0.5) is 0 Å². The van der Waals surface area contributed by atoms with E-state index in [4.69, 9.17) is 19.6 Å². The quantitative estimate of drug-likeness (QED) is 0.392. The van der Waals surface area contributed by atoms with E-state index in [0.29, 0.717) is 25.1 Å². The van der Waals surface area contributed by atoms with E-state index in [1.165, 1.54) is 12.8 Å². The van der Waals surface area contributed by atoms with E-state index in [1.807, 2.05) is 18.0 Å². The lowest BCUT2D eigenvalue weighted by molar-refractivity contribution is 0.0759. The number of likely N-dealkylation sites (tertiary alicyclic amines) is 1. The predicted molar refractivity (Wildman–Crippen MR) is 151 cm³/mol. The van der Waals surface area contributed by atoms with Gasteiger partial charge in [0.15, 0.2) is 5.84 Å². The molecule has 9 nitrogen and oxygen atoms in total. The zero-order valence-electron chi connectivity index (χ0n) is 23.0. The molecule has 0 aromatic heterocycles. The van der Waals surface area contributed by atoms with Crippen LogP contribution in [-0.2, 0) is 14.8 Å². The highest BCUT2D eigenvalue weighted by Crippen LogP contribution is 2.31. The maximum atomic E-state index is 12.6. The first-order valence-corrected chi connectivity index (χ1v) is 18.4. The molecule has 0 bridgehead atoms. The Balaban J connectivity index is 1.66. The Labute approximate surface area is 222 Å². The highest BCUT2D eigenvalue weighted by atomic mass is 32.2. The topological polar surface area (TPSA) is 95.8 Å². The molecule has 1 unspecified atom stereocenters. The summed E-state index contributed by atoms with van der Waals surface area (Å²) in [5.41, 5.74) is 2.42. The van der Waals surface area contributed by atoms with Gasteiger partial charge in [0, 0.05) is 44.9 Å². The number of nitrogens with one attached hydrogen (secondary N) is 1. The second kappa shape index (κ2) is 11.4. The number of hydrogen-bond donors (Lipinski definition) is 1. The molecule has 0 aliphatic carbocycles. The number of ether oxygens (including phenoxy) is 2. The van der Waals surface area contributed by atoms with E-state index in [0.717, 1.165) is 35.3 Å². The van der Waals surface area contributed by atoms with Crippen LogP contribution in [0.1, 0.15) is 39.2 Å². The van der Waals surface area contributed by atoms with Gasteiger partial charge < -0.3 is 9.47 Å². The number of hydrogen-bond acceptors (Lipinski definition) is 7. The zero-order chi connectivity index (χ0) is 26.8. The summed E-state index contributed by atoms with van der Waals surface area (Å²) < 4.78 is 39.5. The first-order chi connectivity index (χ1) is 17.5. The molecule has 0 radical (unpaired) electrons. The van der Waals surface area contributed by atoms with Crippen LogP contribution in [0.2, 0.25) is 25.7 Å². The average molecular weight is 548 g/mol. The lowest BCUT2D eigenvalue weighted by Gasteiger charge is -2.27. The molecule has 37 heavy (non-hydrogen) atoms. The van der Waals surface area contributed by atoms with Crippen molar-refractivity contribution in [3.05, 3.63) is 35.4 Å². The van der Waals surface area contributed by atoms with E-state index in [2.05, 4.69) is 43.1 Å². The third-order valence-corrected chi connectivity index (χ3v) is 10.2. The Bertz CT molecular complexity index is 1190. The summed E-state index contributed by atoms with van der Waals surface area (Å²) in [6.07, 6.45) is 4.40. The number of nitrogens with zero attached hydrogens (tertiary/aromatic N) is 4. The van der Waals surface area contributed by atoms with E-state index in [-0.39, 0.29) is 24.2 Å². The van der Waals surface area contributed by atoms with Gasteiger partial charge in [-0.3, -0.25) is 4.90 Å². The van der Waals surface area contributed by atoms with Crippen LogP contribution >= 0.6 is 0 Å². The molecule has 0 spiro atoms. The van der Waals surface area contributed by atoms with Gasteiger partial charge in [0.05, 0.1) is 0 Å². The first-order valence-electron chi connectivity index (χ1n) is 13.2. The number of aliphatic imine (C=N–C) groups is 1. The van der Waals surface area contributed by atoms with Gasteiger partial charge >= 0.3 is 0 Å². The Morgan fingerprint density at radius 1 is 1.35 bits per heavy atom. The van der Waals surface area contributed by atoms with Gasteiger partial charge in [-0.25, -0.2) is 23.1 Å². The lowest BCUT2D eigenvalue weighted by atomic mass is 10.0. The number of fused-ring (bicyclic) bond motifs is 1. The Hall–Kier alpha value is -2.05. The summed E-state index contributed by atoms with van der Waals surface area (Å²) in [4.78, 5) is 7.72. The molecule has 3 aliphatic rings. The minimum Gasteiger partial charge on any atom is -0.491 e. The molecule has 1 N–H and O–H groups in total. The van der Waals surface area contributed by atoms with Crippen molar-refractivity contribution in [2.45, 2.75) is 76.4 Å². The van der Waals surface area contributed by atoms with Crippen molar-refractivity contribution in [1.29, 1.82) is 0 Å². The number of sulfonamides is 1. The van der Waals surface area contributed by atoms with Gasteiger partial charge in [0.25, 0.3) is 0 Å². The highest BCUT2D eigenvalue weighted by Gasteiger charge is 2.33. The molecule has 3 aliphatic heterocycles. The fourth-order valence-corrected chi connectivity index (χ4v) is 6.76. The van der Waals surface area contributed by atoms with Crippen LogP contribution in [0.3, 0.4) is 0 Å². The zero-order valence-corrected chi connectivity index (χ0v) is 24.8. The summed E-state index contributed by atoms with van der Waals surface area (Å²) in [5, 5.41) is 6.78. The highest BCUT2D eigenvalue weighted by molar-refractivity contribution is 7.89. The third kappa shape index (κ3) is 6.51. The summed E-state index contributed by atoms with van der Waals surface area (Å²) in [6.45, 7) is 15.9. The molecule has 1 fully saturated rings. The molecule has 204 valence electrons. The summed E-state index contributed by atoms with van der Waals surface area (Å²) in [7, 11) is -4.82. The van der Waals surface area contributed by atoms with Gasteiger partial charge in [0.1, 0.15) is 35.9 Å². The monoisotopic (exact) mass is 547 g/mol. The average Bonchev–Trinajstić information content (AvgIpc) is 3.37. The maximum absolute atomic E-state index is 12.6. The number of allylic oxidation sites excluding steroid dienone is 1. The normalized spacial score (nSPS) is 25.2. The molecule has 0 saturated carbocycles. The number of hydrazone groups is 1. The standard InChI is InChI=1S/C26H41N5O4SSi/c1-7-22-25(21-10-11-24-23(17-21)35-14-12-27-36(24,32)33)29-31(18-34-15-16-37(4,5)6)26(22)28-20(3)30-13-8-9-19(30)2/h7,10-11,17,19-20,27H,8-9,12-16,18H2,1-6H3/b22-7-,28-26?/t19-,20?/m1/s1. The molecular formula is C26H41N5O4SSi. The molecule has 1 aromatic rings. The van der Waals surface area contributed by atoms with Gasteiger partial charge in [-0.1, -0.05) is 31.8 Å². The smallest absolute Gasteiger partial charge is 0.244 e. The van der Waals surface area contributed by atoms with Gasteiger partial charge in [-0.15, -0.1) is 0 Å². The van der Waals surface area contributed by atoms with E-state index < -0.39 is 18.1 Å². The van der Waals surface area contributed by atoms with Crippen molar-refractivity contribution >= 4 is 29.6 Å². The summed E-state index contributed by atoms with van der Waals surface area (Å²) >= 11 is 0. The van der Waals surface area contributed by atoms with Crippen molar-refractivity contribution in [3.63, 3.8) is 0 Å². The fourth-order valence-electron chi connectivity index (χ4n) is 4.87. The van der Waals surface area contributed by atoms with Crippen LogP contribution in [0.15, 0.2) is 44.8 Å². The largest absolute Gasteiger partial charge is 0.491 e. The van der Waals surface area contributed by atoms with Crippen molar-refractivity contribution in [2.24, 2.45) is 10.1 Å². The molecular weight excluding hydrogens is 506 g/mol. The SMILES string of the molecule is C/C=C1/C(c2ccc3c(c2)OCCNS3(=O)=O)=NN(COCC[Si](C)(C)C)C1=NC(C)N1CCC[C@H]1C. The molecule has 4 rings (SSSR count). The van der Waals surface area contributed by atoms with Crippen LogP contribution in [0.5, 0.6) is 5.75 Å². The molecule has 3 heterocycles. The third-order valence-electron chi connectivity index (χ3n) is 7.01. The number of amidine groups is 1. The Morgan fingerprint density at radius 2 is 2.14 bits per heavy atom. The molecule has 1 saturated heterocycles. The molecule has 11 heteroatoms. The van der Waals surface area contributed by atoms with E-state index >= 15 is 0 Å². The van der Waals surface area contributed by atoms with Crippen LogP contribution in [0, 0.1) is 0 Å². The number of rotatable bonds is 8. The second-order valence-electron chi connectivity index (χ2n) is 11.1. The molecule has 2 atom stereocenters. The molecule has 0 amide bonds. The van der Waals surface area contributed by atoms with E-state index in [1.54, 1.807) is 18.2 Å². The van der Waals surface area contributed by atoms with Crippen LogP contribution in [-0.4, -0.2) is 83.2 Å². The van der Waals surface area contributed by atoms with Crippen molar-refractivity contribution in [1.82, 2.24) is 14.6 Å². The summed E-state index contributed by atoms with van der Waals surface area (Å²) in [5.74, 6) is 1.12. The number of benzene rings is 1.